The van der Waals surface area contributed by atoms with Gasteiger partial charge in [-0.1, -0.05) is 35.3 Å². The van der Waals surface area contributed by atoms with Crippen molar-refractivity contribution in [3.63, 3.8) is 0 Å². The Bertz CT molecular complexity index is 1330. The Kier molecular flexibility index (Phi) is 9.94. The zero-order valence-electron chi connectivity index (χ0n) is 20.1. The van der Waals surface area contributed by atoms with Gasteiger partial charge in [-0.2, -0.15) is 5.10 Å². The monoisotopic (exact) mass is 542 g/mol. The molecule has 0 fully saturated rings. The van der Waals surface area contributed by atoms with Crippen molar-refractivity contribution in [1.82, 2.24) is 5.43 Å². The normalized spacial score (nSPS) is 10.6. The van der Waals surface area contributed by atoms with E-state index >= 15 is 0 Å². The Hall–Kier alpha value is -4.01. The summed E-state index contributed by atoms with van der Waals surface area (Å²) in [5.41, 5.74) is 4.15. The topological polar surface area (TPSA) is 95.5 Å². The predicted octanol–water partition coefficient (Wildman–Crippen LogP) is 5.49. The van der Waals surface area contributed by atoms with Crippen LogP contribution in [0.25, 0.3) is 0 Å². The molecular weight excluding hydrogens is 519 g/mol. The molecule has 3 aromatic carbocycles. The van der Waals surface area contributed by atoms with E-state index in [1.54, 1.807) is 24.3 Å². The fraction of sp³-hybridized carbons (Fsp3) is 0.148. The van der Waals surface area contributed by atoms with E-state index in [4.69, 9.17) is 42.1 Å². The smallest absolute Gasteiger partial charge is 0.345 e. The summed E-state index contributed by atoms with van der Waals surface area (Å²) in [7, 11) is 2.96. The van der Waals surface area contributed by atoms with E-state index < -0.39 is 11.9 Å². The molecule has 0 atom stereocenters. The number of nitrogens with zero attached hydrogens (tertiary/aromatic N) is 1. The van der Waals surface area contributed by atoms with Crippen LogP contribution in [0.1, 0.15) is 21.5 Å². The van der Waals surface area contributed by atoms with Crippen LogP contribution in [-0.2, 0) is 11.2 Å². The van der Waals surface area contributed by atoms with E-state index in [9.17, 15) is 9.59 Å². The summed E-state index contributed by atoms with van der Waals surface area (Å²) in [6, 6.07) is 14.7. The third-order valence-electron chi connectivity index (χ3n) is 4.91. The Morgan fingerprint density at radius 1 is 0.946 bits per heavy atom. The highest BCUT2D eigenvalue weighted by Crippen LogP contribution is 2.30. The number of rotatable bonds is 11. The van der Waals surface area contributed by atoms with Crippen LogP contribution < -0.4 is 24.4 Å². The number of carbonyl (C=O) groups is 2. The third-order valence-corrected chi connectivity index (χ3v) is 5.46. The fourth-order valence-corrected chi connectivity index (χ4v) is 3.62. The number of ether oxygens (including phenoxy) is 4. The zero-order valence-corrected chi connectivity index (χ0v) is 21.6. The molecule has 0 aliphatic heterocycles. The number of halogens is 2. The number of hydrazone groups is 1. The molecule has 1 amide bonds. The quantitative estimate of drug-likeness (QED) is 0.113. The highest BCUT2D eigenvalue weighted by atomic mass is 35.5. The fourth-order valence-electron chi connectivity index (χ4n) is 3.14. The molecule has 0 saturated heterocycles. The molecule has 0 spiro atoms. The number of nitrogens with one attached hydrogen (secondary N) is 1. The molecule has 8 nitrogen and oxygen atoms in total. The molecule has 0 aliphatic carbocycles. The molecule has 10 heteroatoms. The largest absolute Gasteiger partial charge is 0.493 e. The van der Waals surface area contributed by atoms with Crippen LogP contribution in [0.3, 0.4) is 0 Å². The van der Waals surface area contributed by atoms with Gasteiger partial charge in [0.25, 0.3) is 5.91 Å². The molecule has 37 heavy (non-hydrogen) atoms. The molecule has 0 aliphatic rings. The van der Waals surface area contributed by atoms with Gasteiger partial charge in [-0.3, -0.25) is 4.79 Å². The first-order valence-corrected chi connectivity index (χ1v) is 11.7. The number of esters is 1. The summed E-state index contributed by atoms with van der Waals surface area (Å²) >= 11 is 11.9. The molecule has 0 aromatic heterocycles. The van der Waals surface area contributed by atoms with E-state index in [0.717, 1.165) is 5.56 Å². The average Bonchev–Trinajstić information content (AvgIpc) is 2.88. The number of amides is 1. The molecule has 0 saturated carbocycles. The van der Waals surface area contributed by atoms with Crippen molar-refractivity contribution >= 4 is 41.3 Å². The van der Waals surface area contributed by atoms with Crippen molar-refractivity contribution in [3.05, 3.63) is 94.0 Å². The SMILES string of the molecule is C=CCc1ccc(OCC(=O)NN=Cc2ccc(OC(=O)c3ccc(Cl)cc3Cl)c(OC)c2)c(OC)c1. The van der Waals surface area contributed by atoms with Crippen LogP contribution in [0.5, 0.6) is 23.0 Å². The Morgan fingerprint density at radius 3 is 2.38 bits per heavy atom. The first-order valence-electron chi connectivity index (χ1n) is 10.9. The lowest BCUT2D eigenvalue weighted by Crippen LogP contribution is -2.24. The summed E-state index contributed by atoms with van der Waals surface area (Å²) in [4.78, 5) is 24.6. The number of benzene rings is 3. The van der Waals surface area contributed by atoms with Gasteiger partial charge in [0, 0.05) is 5.02 Å². The second kappa shape index (κ2) is 13.3. The van der Waals surface area contributed by atoms with Crippen molar-refractivity contribution in [1.29, 1.82) is 0 Å². The Morgan fingerprint density at radius 2 is 1.68 bits per heavy atom. The van der Waals surface area contributed by atoms with Crippen LogP contribution in [-0.4, -0.2) is 38.9 Å². The molecule has 192 valence electrons. The van der Waals surface area contributed by atoms with Crippen LogP contribution in [0, 0.1) is 0 Å². The van der Waals surface area contributed by atoms with Gasteiger partial charge in [-0.25, -0.2) is 10.2 Å². The summed E-state index contributed by atoms with van der Waals surface area (Å²) < 4.78 is 21.6. The molecule has 0 bridgehead atoms. The van der Waals surface area contributed by atoms with Crippen LogP contribution in [0.2, 0.25) is 10.0 Å². The van der Waals surface area contributed by atoms with Crippen molar-refractivity contribution in [3.8, 4) is 23.0 Å². The number of hydrogen-bond donors (Lipinski definition) is 1. The van der Waals surface area contributed by atoms with Gasteiger partial charge in [-0.05, 0) is 66.1 Å². The van der Waals surface area contributed by atoms with Crippen molar-refractivity contribution in [2.75, 3.05) is 20.8 Å². The third kappa shape index (κ3) is 7.73. The second-order valence-corrected chi connectivity index (χ2v) is 8.33. The second-order valence-electron chi connectivity index (χ2n) is 7.48. The number of carbonyl (C=O) groups excluding carboxylic acids is 2. The van der Waals surface area contributed by atoms with E-state index in [-0.39, 0.29) is 28.7 Å². The molecule has 3 aromatic rings. The zero-order chi connectivity index (χ0) is 26.8. The average molecular weight is 543 g/mol. The maximum absolute atomic E-state index is 12.5. The van der Waals surface area contributed by atoms with E-state index in [1.165, 1.54) is 44.7 Å². The standard InChI is InChI=1S/C27H24Cl2N2O6/c1-4-5-17-6-10-22(24(12-17)34-2)36-16-26(32)31-30-15-18-7-11-23(25(13-18)35-3)37-27(33)20-9-8-19(28)14-21(20)29/h4,6-15H,1,5,16H2,2-3H3,(H,31,32). The number of hydrogen-bond acceptors (Lipinski definition) is 7. The minimum Gasteiger partial charge on any atom is -0.493 e. The Balaban J connectivity index is 1.58. The molecule has 1 N–H and O–H groups in total. The van der Waals surface area contributed by atoms with Gasteiger partial charge in [0.2, 0.25) is 0 Å². The summed E-state index contributed by atoms with van der Waals surface area (Å²) in [5.74, 6) is 0.280. The molecule has 0 radical (unpaired) electrons. The summed E-state index contributed by atoms with van der Waals surface area (Å²) in [6.45, 7) is 3.45. The molecule has 0 unspecified atom stereocenters. The van der Waals surface area contributed by atoms with Gasteiger partial charge >= 0.3 is 5.97 Å². The van der Waals surface area contributed by atoms with Gasteiger partial charge in [0.15, 0.2) is 29.6 Å². The molecule has 0 heterocycles. The maximum atomic E-state index is 12.5. The van der Waals surface area contributed by atoms with Crippen LogP contribution in [0.4, 0.5) is 0 Å². The lowest BCUT2D eigenvalue weighted by atomic mass is 10.1. The van der Waals surface area contributed by atoms with Crippen molar-refractivity contribution < 1.29 is 28.5 Å². The lowest BCUT2D eigenvalue weighted by molar-refractivity contribution is -0.123. The lowest BCUT2D eigenvalue weighted by Gasteiger charge is -2.11. The van der Waals surface area contributed by atoms with Gasteiger partial charge in [-0.15, -0.1) is 6.58 Å². The van der Waals surface area contributed by atoms with E-state index in [2.05, 4.69) is 17.1 Å². The highest BCUT2D eigenvalue weighted by Gasteiger charge is 2.16. The summed E-state index contributed by atoms with van der Waals surface area (Å²) in [6.07, 6.45) is 3.89. The minimum atomic E-state index is -0.666. The van der Waals surface area contributed by atoms with Crippen molar-refractivity contribution in [2.24, 2.45) is 5.10 Å². The van der Waals surface area contributed by atoms with Gasteiger partial charge in [0.1, 0.15) is 0 Å². The predicted molar refractivity (Wildman–Crippen MR) is 143 cm³/mol. The van der Waals surface area contributed by atoms with E-state index in [1.807, 2.05) is 12.1 Å². The molecular formula is C27H24Cl2N2O6. The van der Waals surface area contributed by atoms with Crippen LogP contribution >= 0.6 is 23.2 Å². The van der Waals surface area contributed by atoms with Crippen molar-refractivity contribution in [2.45, 2.75) is 6.42 Å². The van der Waals surface area contributed by atoms with Gasteiger partial charge in [0.05, 0.1) is 31.0 Å². The first-order chi connectivity index (χ1) is 17.8. The first kappa shape index (κ1) is 27.6. The molecule has 3 rings (SSSR count). The number of methoxy groups -OCH3 is 2. The number of allylic oxidation sites excluding steroid dienone is 1. The maximum Gasteiger partial charge on any atom is 0.345 e. The van der Waals surface area contributed by atoms with Gasteiger partial charge < -0.3 is 18.9 Å². The van der Waals surface area contributed by atoms with E-state index in [0.29, 0.717) is 28.5 Å². The highest BCUT2D eigenvalue weighted by molar-refractivity contribution is 6.36. The Labute approximate surface area is 224 Å². The minimum absolute atomic E-state index is 0.161. The van der Waals surface area contributed by atoms with Crippen LogP contribution in [0.15, 0.2) is 72.4 Å². The summed E-state index contributed by atoms with van der Waals surface area (Å²) in [5, 5.41) is 4.50.